The van der Waals surface area contributed by atoms with Gasteiger partial charge >= 0.3 is 12.1 Å². The average Bonchev–Trinajstić information content (AvgIpc) is 3.46. The zero-order chi connectivity index (χ0) is 26.4. The Morgan fingerprint density at radius 1 is 1.19 bits per heavy atom. The molecule has 1 aromatic rings. The van der Waals surface area contributed by atoms with Crippen LogP contribution in [-0.4, -0.2) is 102 Å². The molecule has 0 radical (unpaired) electrons. The number of aromatic nitrogens is 2. The third-order valence-corrected chi connectivity index (χ3v) is 6.95. The van der Waals surface area contributed by atoms with Gasteiger partial charge in [-0.15, -0.1) is 0 Å². The maximum absolute atomic E-state index is 15.7. The first-order valence-corrected chi connectivity index (χ1v) is 12.3. The van der Waals surface area contributed by atoms with Crippen molar-refractivity contribution >= 4 is 17.9 Å². The molecule has 36 heavy (non-hydrogen) atoms. The van der Waals surface area contributed by atoms with E-state index in [9.17, 15) is 14.0 Å². The van der Waals surface area contributed by atoms with E-state index in [0.717, 1.165) is 12.8 Å². The van der Waals surface area contributed by atoms with Crippen LogP contribution in [0.25, 0.3) is 0 Å². The Morgan fingerprint density at radius 2 is 1.89 bits per heavy atom. The summed E-state index contributed by atoms with van der Waals surface area (Å²) < 4.78 is 45.8. The van der Waals surface area contributed by atoms with Gasteiger partial charge in [0, 0.05) is 32.2 Å². The summed E-state index contributed by atoms with van der Waals surface area (Å²) in [5.74, 6) is -2.45. The summed E-state index contributed by atoms with van der Waals surface area (Å²) in [6.45, 7) is 8.33. The second kappa shape index (κ2) is 9.60. The van der Waals surface area contributed by atoms with Crippen LogP contribution in [0.4, 0.5) is 19.4 Å². The number of likely N-dealkylation sites (tertiary alicyclic amines) is 1. The minimum absolute atomic E-state index is 0.0918. The highest BCUT2D eigenvalue weighted by Crippen LogP contribution is 2.46. The lowest BCUT2D eigenvalue weighted by atomic mass is 10.1. The van der Waals surface area contributed by atoms with E-state index in [1.165, 1.54) is 7.11 Å². The summed E-state index contributed by atoms with van der Waals surface area (Å²) >= 11 is 0. The molecule has 2 aliphatic heterocycles. The van der Waals surface area contributed by atoms with Crippen molar-refractivity contribution < 1.29 is 32.6 Å². The molecule has 3 atom stereocenters. The van der Waals surface area contributed by atoms with Gasteiger partial charge in [-0.1, -0.05) is 0 Å². The fourth-order valence-corrected chi connectivity index (χ4v) is 4.99. The van der Waals surface area contributed by atoms with E-state index in [1.807, 2.05) is 25.7 Å². The van der Waals surface area contributed by atoms with Gasteiger partial charge in [-0.25, -0.2) is 19.0 Å². The molecule has 1 saturated carbocycles. The smallest absolute Gasteiger partial charge is 0.410 e. The summed E-state index contributed by atoms with van der Waals surface area (Å²) in [4.78, 5) is 38.5. The van der Waals surface area contributed by atoms with Crippen molar-refractivity contribution in [2.75, 3.05) is 45.2 Å². The second-order valence-electron chi connectivity index (χ2n) is 10.9. The standard InChI is InChI=1S/C24H35F2N5O5/c1-14(16-11-15(25)12-29(16)5)35-20-17(26)19(27-18(28-20)21(32)34-6)30-9-10-31(24(13-30)7-8-24)22(33)36-23(2,3)4/h14-16H,7-13H2,1-6H3/t14-,15+,16-/m0/s1. The van der Waals surface area contributed by atoms with Crippen LogP contribution in [0, 0.1) is 5.82 Å². The molecule has 3 heterocycles. The first kappa shape index (κ1) is 26.3. The minimum atomic E-state index is -0.988. The lowest BCUT2D eigenvalue weighted by Crippen LogP contribution is -2.58. The molecule has 10 nitrogen and oxygen atoms in total. The van der Waals surface area contributed by atoms with Crippen LogP contribution in [0.3, 0.4) is 0 Å². The van der Waals surface area contributed by atoms with E-state index < -0.39 is 41.3 Å². The highest BCUT2D eigenvalue weighted by atomic mass is 19.1. The second-order valence-corrected chi connectivity index (χ2v) is 10.9. The molecule has 3 fully saturated rings. The highest BCUT2D eigenvalue weighted by Gasteiger charge is 2.55. The molecule has 4 rings (SSSR count). The Bertz CT molecular complexity index is 1020. The fraction of sp³-hybridized carbons (Fsp3) is 0.750. The summed E-state index contributed by atoms with van der Waals surface area (Å²) in [6, 6.07) is -0.272. The predicted octanol–water partition coefficient (Wildman–Crippen LogP) is 2.80. The molecule has 0 aromatic carbocycles. The van der Waals surface area contributed by atoms with E-state index in [1.54, 1.807) is 23.8 Å². The normalized spacial score (nSPS) is 24.6. The van der Waals surface area contributed by atoms with E-state index >= 15 is 4.39 Å². The number of methoxy groups -OCH3 is 1. The van der Waals surface area contributed by atoms with E-state index in [2.05, 4.69) is 9.97 Å². The zero-order valence-corrected chi connectivity index (χ0v) is 21.7. The number of likely N-dealkylation sites (N-methyl/N-ethyl adjacent to an activating group) is 1. The molecule has 1 aliphatic carbocycles. The number of anilines is 1. The number of hydrogen-bond acceptors (Lipinski definition) is 9. The molecule has 0 N–H and O–H groups in total. The van der Waals surface area contributed by atoms with Crippen LogP contribution in [0.2, 0.25) is 0 Å². The predicted molar refractivity (Wildman–Crippen MR) is 126 cm³/mol. The number of amides is 1. The number of nitrogens with zero attached hydrogens (tertiary/aromatic N) is 5. The lowest BCUT2D eigenvalue weighted by molar-refractivity contribution is 0.0105. The van der Waals surface area contributed by atoms with Crippen LogP contribution in [0.1, 0.15) is 57.6 Å². The van der Waals surface area contributed by atoms with E-state index in [-0.39, 0.29) is 43.1 Å². The number of alkyl halides is 1. The number of ether oxygens (including phenoxy) is 3. The maximum atomic E-state index is 15.7. The zero-order valence-electron chi connectivity index (χ0n) is 21.7. The number of carbonyl (C=O) groups excluding carboxylic acids is 2. The van der Waals surface area contributed by atoms with Crippen LogP contribution < -0.4 is 9.64 Å². The first-order chi connectivity index (χ1) is 16.8. The van der Waals surface area contributed by atoms with Crippen LogP contribution in [0.5, 0.6) is 5.88 Å². The fourth-order valence-electron chi connectivity index (χ4n) is 4.99. The Morgan fingerprint density at radius 3 is 2.44 bits per heavy atom. The molecule has 2 saturated heterocycles. The number of carbonyl (C=O) groups is 2. The molecular weight excluding hydrogens is 476 g/mol. The van der Waals surface area contributed by atoms with Crippen molar-refractivity contribution in [1.82, 2.24) is 19.8 Å². The molecule has 200 valence electrons. The first-order valence-electron chi connectivity index (χ1n) is 12.3. The van der Waals surface area contributed by atoms with Crippen molar-refractivity contribution in [3.63, 3.8) is 0 Å². The number of esters is 1. The largest absolute Gasteiger partial charge is 0.471 e. The van der Waals surface area contributed by atoms with Crippen molar-refractivity contribution in [3.05, 3.63) is 11.6 Å². The molecule has 1 spiro atoms. The third-order valence-electron chi connectivity index (χ3n) is 6.95. The quantitative estimate of drug-likeness (QED) is 0.553. The van der Waals surface area contributed by atoms with Crippen molar-refractivity contribution in [2.45, 2.75) is 76.4 Å². The number of rotatable bonds is 5. The Labute approximate surface area is 209 Å². The third kappa shape index (κ3) is 5.33. The van der Waals surface area contributed by atoms with Gasteiger partial charge in [0.15, 0.2) is 5.82 Å². The summed E-state index contributed by atoms with van der Waals surface area (Å²) in [6.07, 6.45) is -0.217. The summed E-state index contributed by atoms with van der Waals surface area (Å²) in [7, 11) is 2.97. The Balaban J connectivity index is 1.59. The van der Waals surface area contributed by atoms with Gasteiger partial charge in [0.25, 0.3) is 5.88 Å². The average molecular weight is 512 g/mol. The minimum Gasteiger partial charge on any atom is -0.471 e. The van der Waals surface area contributed by atoms with Gasteiger partial charge in [-0.05, 0) is 54.0 Å². The number of halogens is 2. The summed E-state index contributed by atoms with van der Waals surface area (Å²) in [5, 5.41) is 0. The Kier molecular flexibility index (Phi) is 7.02. The van der Waals surface area contributed by atoms with Gasteiger partial charge in [0.05, 0.1) is 12.6 Å². The van der Waals surface area contributed by atoms with Crippen molar-refractivity contribution in [1.29, 1.82) is 0 Å². The number of hydrogen-bond donors (Lipinski definition) is 0. The van der Waals surface area contributed by atoms with Crippen LogP contribution in [-0.2, 0) is 9.47 Å². The van der Waals surface area contributed by atoms with Crippen molar-refractivity contribution in [3.8, 4) is 5.88 Å². The molecule has 12 heteroatoms. The van der Waals surface area contributed by atoms with Crippen LogP contribution in [0.15, 0.2) is 0 Å². The monoisotopic (exact) mass is 511 g/mol. The Hall–Kier alpha value is -2.76. The van der Waals surface area contributed by atoms with Gasteiger partial charge < -0.3 is 19.1 Å². The van der Waals surface area contributed by atoms with Gasteiger partial charge in [-0.2, -0.15) is 9.37 Å². The van der Waals surface area contributed by atoms with E-state index in [0.29, 0.717) is 13.1 Å². The topological polar surface area (TPSA) is 97.3 Å². The maximum Gasteiger partial charge on any atom is 0.410 e. The summed E-state index contributed by atoms with van der Waals surface area (Å²) in [5.41, 5.74) is -1.11. The molecule has 0 bridgehead atoms. The van der Waals surface area contributed by atoms with E-state index in [4.69, 9.17) is 14.2 Å². The molecular formula is C24H35F2N5O5. The van der Waals surface area contributed by atoms with Gasteiger partial charge in [0.1, 0.15) is 17.9 Å². The van der Waals surface area contributed by atoms with Crippen molar-refractivity contribution in [2.24, 2.45) is 0 Å². The molecule has 3 aliphatic rings. The van der Waals surface area contributed by atoms with Gasteiger partial charge in [0.2, 0.25) is 11.6 Å². The lowest BCUT2D eigenvalue weighted by Gasteiger charge is -2.42. The van der Waals surface area contributed by atoms with Gasteiger partial charge in [-0.3, -0.25) is 9.80 Å². The molecule has 1 amide bonds. The molecule has 1 aromatic heterocycles. The SMILES string of the molecule is COC(=O)c1nc(O[C@@H](C)[C@@H]2C[C@@H](F)CN2C)c(F)c(N2CCN(C(=O)OC(C)(C)C)C3(CC3)C2)n1. The highest BCUT2D eigenvalue weighted by molar-refractivity contribution is 5.85. The molecule has 0 unspecified atom stereocenters. The number of piperazine rings is 1. The van der Waals surface area contributed by atoms with Crippen LogP contribution >= 0.6 is 0 Å².